The van der Waals surface area contributed by atoms with Gasteiger partial charge in [0.1, 0.15) is 0 Å². The zero-order valence-corrected chi connectivity index (χ0v) is 20.1. The maximum Gasteiger partial charge on any atom is 0.303 e. The van der Waals surface area contributed by atoms with Gasteiger partial charge in [-0.15, -0.1) is 5.10 Å². The third kappa shape index (κ3) is 6.69. The fourth-order valence-electron chi connectivity index (χ4n) is 4.55. The fourth-order valence-corrected chi connectivity index (χ4v) is 4.55. The maximum atomic E-state index is 11.5. The lowest BCUT2D eigenvalue weighted by atomic mass is 9.95. The van der Waals surface area contributed by atoms with Crippen LogP contribution in [0.1, 0.15) is 81.4 Å². The molecule has 0 radical (unpaired) electrons. The van der Waals surface area contributed by atoms with Gasteiger partial charge in [-0.05, 0) is 61.6 Å². The number of aromatic amines is 1. The number of aromatic nitrogens is 3. The number of rotatable bonds is 10. The number of H-pyrrole nitrogens is 1. The Labute approximate surface area is 199 Å². The van der Waals surface area contributed by atoms with Crippen LogP contribution in [-0.2, 0) is 4.79 Å². The number of anilines is 3. The van der Waals surface area contributed by atoms with Crippen LogP contribution in [0.15, 0.2) is 18.2 Å². The van der Waals surface area contributed by atoms with Gasteiger partial charge in [0.15, 0.2) is 0 Å². The number of aliphatic hydroxyl groups is 1. The van der Waals surface area contributed by atoms with Crippen LogP contribution in [0.3, 0.4) is 0 Å². The van der Waals surface area contributed by atoms with E-state index >= 15 is 0 Å². The summed E-state index contributed by atoms with van der Waals surface area (Å²) in [5.41, 5.74) is 7.86. The van der Waals surface area contributed by atoms with Gasteiger partial charge in [0.25, 0.3) is 5.91 Å². The zero-order chi connectivity index (χ0) is 24.8. The molecule has 1 aromatic carbocycles. The van der Waals surface area contributed by atoms with Crippen molar-refractivity contribution in [3.05, 3.63) is 29.6 Å². The number of carbonyl (C=O) groups is 2. The van der Waals surface area contributed by atoms with Crippen molar-refractivity contribution in [1.82, 2.24) is 15.2 Å². The average molecular weight is 473 g/mol. The molecule has 1 saturated carbocycles. The van der Waals surface area contributed by atoms with Crippen molar-refractivity contribution in [3.63, 3.8) is 0 Å². The molecule has 10 heteroatoms. The Morgan fingerprint density at radius 2 is 2.00 bits per heavy atom. The first-order valence-corrected chi connectivity index (χ1v) is 11.9. The highest BCUT2D eigenvalue weighted by atomic mass is 16.4. The number of carboxylic acids is 1. The van der Waals surface area contributed by atoms with E-state index in [0.29, 0.717) is 5.92 Å². The lowest BCUT2D eigenvalue weighted by molar-refractivity contribution is -0.137. The quantitative estimate of drug-likeness (QED) is 0.329. The van der Waals surface area contributed by atoms with E-state index in [4.69, 9.17) is 5.73 Å². The predicted octanol–water partition coefficient (Wildman–Crippen LogP) is 3.38. The number of nitrogens with two attached hydrogens (primary N) is 1. The van der Waals surface area contributed by atoms with Crippen LogP contribution >= 0.6 is 0 Å². The topological polar surface area (TPSA) is 157 Å². The molecular formula is C24H36N6O4. The minimum atomic E-state index is -0.857. The van der Waals surface area contributed by atoms with Crippen molar-refractivity contribution in [2.24, 2.45) is 11.7 Å². The molecule has 1 heterocycles. The molecule has 34 heavy (non-hydrogen) atoms. The summed E-state index contributed by atoms with van der Waals surface area (Å²) in [6.45, 7) is 7.04. The van der Waals surface area contributed by atoms with Crippen LogP contribution in [0.4, 0.5) is 17.3 Å². The normalized spacial score (nSPS) is 19.4. The van der Waals surface area contributed by atoms with Gasteiger partial charge in [-0.2, -0.15) is 4.98 Å². The summed E-state index contributed by atoms with van der Waals surface area (Å²) in [5, 5.41) is 29.2. The maximum absolute atomic E-state index is 11.5. The van der Waals surface area contributed by atoms with Gasteiger partial charge in [0, 0.05) is 12.6 Å². The molecule has 2 aromatic rings. The number of carboxylic acid groups (broad SMARTS) is 1. The fraction of sp³-hybridized carbons (Fsp3) is 0.583. The molecule has 0 unspecified atom stereocenters. The van der Waals surface area contributed by atoms with Crippen molar-refractivity contribution in [2.45, 2.75) is 77.4 Å². The second kappa shape index (κ2) is 11.3. The van der Waals surface area contributed by atoms with Gasteiger partial charge in [0.05, 0.1) is 23.9 Å². The molecule has 6 N–H and O–H groups in total. The first-order valence-electron chi connectivity index (χ1n) is 11.9. The Hall–Kier alpha value is -3.14. The Bertz CT molecular complexity index is 992. The third-order valence-electron chi connectivity index (χ3n) is 6.26. The van der Waals surface area contributed by atoms with Crippen molar-refractivity contribution < 1.29 is 19.8 Å². The SMILES string of the molecule is CC(C)CN(c1ccc([C@H](C)CC(=O)O)cc1Nc1n[nH]c(C(N)=O)n1)[C@@H]1CCC[C@@H](O)CC1. The number of hydrogen-bond acceptors (Lipinski definition) is 7. The number of aliphatic carboxylic acids is 1. The van der Waals surface area contributed by atoms with E-state index < -0.39 is 11.9 Å². The lowest BCUT2D eigenvalue weighted by Crippen LogP contribution is -2.38. The first kappa shape index (κ1) is 25.5. The minimum Gasteiger partial charge on any atom is -0.481 e. The summed E-state index contributed by atoms with van der Waals surface area (Å²) in [7, 11) is 0. The van der Waals surface area contributed by atoms with Crippen LogP contribution in [0.25, 0.3) is 0 Å². The van der Waals surface area contributed by atoms with Gasteiger partial charge in [-0.1, -0.05) is 26.8 Å². The second-order valence-corrected chi connectivity index (χ2v) is 9.63. The number of carbonyl (C=O) groups excluding carboxylic acids is 1. The molecule has 0 bridgehead atoms. The molecule has 0 saturated heterocycles. The number of aliphatic hydroxyl groups excluding tert-OH is 1. The zero-order valence-electron chi connectivity index (χ0n) is 20.1. The smallest absolute Gasteiger partial charge is 0.303 e. The van der Waals surface area contributed by atoms with Crippen LogP contribution in [0.5, 0.6) is 0 Å². The first-order chi connectivity index (χ1) is 16.1. The Morgan fingerprint density at radius 3 is 2.65 bits per heavy atom. The number of primary amides is 1. The van der Waals surface area contributed by atoms with Crippen LogP contribution in [-0.4, -0.2) is 56.0 Å². The van der Waals surface area contributed by atoms with Crippen molar-refractivity contribution in [3.8, 4) is 0 Å². The van der Waals surface area contributed by atoms with Crippen LogP contribution in [0.2, 0.25) is 0 Å². The largest absolute Gasteiger partial charge is 0.481 e. The molecule has 186 valence electrons. The van der Waals surface area contributed by atoms with Crippen LogP contribution in [0, 0.1) is 5.92 Å². The molecule has 0 spiro atoms. The molecule has 10 nitrogen and oxygen atoms in total. The molecular weight excluding hydrogens is 436 g/mol. The third-order valence-corrected chi connectivity index (χ3v) is 6.26. The summed E-state index contributed by atoms with van der Waals surface area (Å²) in [4.78, 5) is 29.2. The Kier molecular flexibility index (Phi) is 8.49. The average Bonchev–Trinajstić information content (AvgIpc) is 3.12. The summed E-state index contributed by atoms with van der Waals surface area (Å²) in [6.07, 6.45) is 4.16. The van der Waals surface area contributed by atoms with E-state index in [9.17, 15) is 19.8 Å². The van der Waals surface area contributed by atoms with Gasteiger partial charge in [-0.3, -0.25) is 14.7 Å². The van der Waals surface area contributed by atoms with E-state index in [2.05, 4.69) is 39.2 Å². The molecule has 3 rings (SSSR count). The Balaban J connectivity index is 2.01. The lowest BCUT2D eigenvalue weighted by Gasteiger charge is -2.36. The van der Waals surface area contributed by atoms with Gasteiger partial charge in [0.2, 0.25) is 11.8 Å². The highest BCUT2D eigenvalue weighted by molar-refractivity contribution is 5.89. The molecule has 1 aromatic heterocycles. The van der Waals surface area contributed by atoms with Crippen molar-refractivity contribution in [1.29, 1.82) is 0 Å². The minimum absolute atomic E-state index is 0.0154. The van der Waals surface area contributed by atoms with E-state index in [1.54, 1.807) is 0 Å². The summed E-state index contributed by atoms with van der Waals surface area (Å²) in [5.74, 6) is -1.19. The highest BCUT2D eigenvalue weighted by Gasteiger charge is 2.26. The van der Waals surface area contributed by atoms with Gasteiger partial charge in [-0.25, -0.2) is 0 Å². The van der Waals surface area contributed by atoms with E-state index in [-0.39, 0.29) is 36.3 Å². The monoisotopic (exact) mass is 472 g/mol. The van der Waals surface area contributed by atoms with Gasteiger partial charge >= 0.3 is 5.97 Å². The summed E-state index contributed by atoms with van der Waals surface area (Å²) < 4.78 is 0. The molecule has 1 aliphatic carbocycles. The molecule has 1 aliphatic rings. The number of amides is 1. The second-order valence-electron chi connectivity index (χ2n) is 9.63. The summed E-state index contributed by atoms with van der Waals surface area (Å²) >= 11 is 0. The molecule has 0 aliphatic heterocycles. The number of hydrogen-bond donors (Lipinski definition) is 5. The number of nitrogens with one attached hydrogen (secondary N) is 2. The highest BCUT2D eigenvalue weighted by Crippen LogP contribution is 2.36. The summed E-state index contributed by atoms with van der Waals surface area (Å²) in [6, 6.07) is 6.18. The van der Waals surface area contributed by atoms with Crippen molar-refractivity contribution in [2.75, 3.05) is 16.8 Å². The molecule has 1 fully saturated rings. The molecule has 1 amide bonds. The van der Waals surface area contributed by atoms with Crippen molar-refractivity contribution >= 4 is 29.2 Å². The van der Waals surface area contributed by atoms with E-state index in [1.165, 1.54) is 0 Å². The predicted molar refractivity (Wildman–Crippen MR) is 130 cm³/mol. The standard InChI is InChI=1S/C24H36N6O4/c1-14(2)13-30(17-5-4-6-18(31)9-8-17)20-10-7-16(15(3)11-21(32)33)12-19(20)26-24-27-23(22(25)34)28-29-24/h7,10,12,14-15,17-18,31H,4-6,8-9,11,13H2,1-3H3,(H2,25,34)(H,32,33)(H2,26,27,28,29)/t15-,17-,18-/m1/s1. The molecule has 3 atom stereocenters. The van der Waals surface area contributed by atoms with E-state index in [1.807, 2.05) is 25.1 Å². The van der Waals surface area contributed by atoms with E-state index in [0.717, 1.165) is 55.6 Å². The Morgan fingerprint density at radius 1 is 1.24 bits per heavy atom. The van der Waals surface area contributed by atoms with Crippen LogP contribution < -0.4 is 16.0 Å². The number of nitrogens with zero attached hydrogens (tertiary/aromatic N) is 3. The van der Waals surface area contributed by atoms with Gasteiger partial charge < -0.3 is 26.2 Å². The number of benzene rings is 1.